The van der Waals surface area contributed by atoms with E-state index in [1.165, 1.54) is 56.4 Å². The maximum absolute atomic E-state index is 14.5. The molecule has 2 aromatic rings. The van der Waals surface area contributed by atoms with E-state index in [-0.39, 0.29) is 11.6 Å². The molecule has 1 aromatic heterocycles. The molecule has 0 atom stereocenters. The highest BCUT2D eigenvalue weighted by atomic mass is 19.1. The lowest BCUT2D eigenvalue weighted by molar-refractivity contribution is 0.101. The van der Waals surface area contributed by atoms with Crippen LogP contribution in [0.4, 0.5) is 10.1 Å². The summed E-state index contributed by atoms with van der Waals surface area (Å²) >= 11 is 0. The molecule has 4 rings (SSSR count). The molecule has 0 radical (unpaired) electrons. The summed E-state index contributed by atoms with van der Waals surface area (Å²) in [5.41, 5.74) is 3.67. The fraction of sp³-hybridized carbons (Fsp3) is 0.565. The number of piperazine rings is 1. The molecule has 1 aromatic carbocycles. The van der Waals surface area contributed by atoms with Crippen LogP contribution in [0, 0.1) is 5.82 Å². The number of carbonyl (C=O) groups is 1. The highest BCUT2D eigenvalue weighted by Gasteiger charge is 2.25. The van der Waals surface area contributed by atoms with Gasteiger partial charge < -0.3 is 4.90 Å². The van der Waals surface area contributed by atoms with Crippen molar-refractivity contribution in [3.63, 3.8) is 0 Å². The van der Waals surface area contributed by atoms with Crippen LogP contribution in [0.2, 0.25) is 0 Å². The van der Waals surface area contributed by atoms with E-state index < -0.39 is 0 Å². The van der Waals surface area contributed by atoms with Crippen molar-refractivity contribution in [1.82, 2.24) is 14.7 Å². The molecule has 0 amide bonds. The third-order valence-corrected chi connectivity index (χ3v) is 6.39. The Balaban J connectivity index is 1.39. The van der Waals surface area contributed by atoms with Gasteiger partial charge in [0.25, 0.3) is 0 Å². The highest BCUT2D eigenvalue weighted by Crippen LogP contribution is 2.34. The molecule has 0 bridgehead atoms. The molecule has 0 N–H and O–H groups in total. The molecule has 29 heavy (non-hydrogen) atoms. The minimum Gasteiger partial charge on any atom is -0.367 e. The fourth-order valence-corrected chi connectivity index (χ4v) is 4.77. The predicted octanol–water partition coefficient (Wildman–Crippen LogP) is 4.13. The number of anilines is 1. The summed E-state index contributed by atoms with van der Waals surface area (Å²) in [6.07, 6.45) is 8.67. The number of Topliss-reactive ketones (excluding diaryl/α,β-unsaturated/α-hetero) is 1. The lowest BCUT2D eigenvalue weighted by atomic mass is 9.85. The standard InChI is InChI=1S/C23H31FN4O/c1-17(29)19-8-9-22(21(24)14-19)28-12-10-27(11-13-28)16-20-15-26(2)25-23(20)18-6-4-3-5-7-18/h8-9,14-15,18H,3-7,10-13,16H2,1-2H3. The van der Waals surface area contributed by atoms with Gasteiger partial charge in [-0.2, -0.15) is 5.10 Å². The Labute approximate surface area is 172 Å². The summed E-state index contributed by atoms with van der Waals surface area (Å²) in [4.78, 5) is 16.0. The number of hydrogen-bond acceptors (Lipinski definition) is 4. The number of halogens is 1. The third-order valence-electron chi connectivity index (χ3n) is 6.39. The SMILES string of the molecule is CC(=O)c1ccc(N2CCN(Cc3cn(C)nc3C3CCCCC3)CC2)c(F)c1. The molecule has 2 aliphatic rings. The second-order valence-electron chi connectivity index (χ2n) is 8.53. The second-order valence-corrected chi connectivity index (χ2v) is 8.53. The first-order chi connectivity index (χ1) is 14.0. The van der Waals surface area contributed by atoms with Crippen molar-refractivity contribution in [3.05, 3.63) is 47.0 Å². The summed E-state index contributed by atoms with van der Waals surface area (Å²) in [5, 5.41) is 4.80. The summed E-state index contributed by atoms with van der Waals surface area (Å²) in [6.45, 7) is 5.75. The van der Waals surface area contributed by atoms with E-state index in [9.17, 15) is 9.18 Å². The van der Waals surface area contributed by atoms with Crippen molar-refractivity contribution in [2.24, 2.45) is 7.05 Å². The zero-order valence-corrected chi connectivity index (χ0v) is 17.5. The quantitative estimate of drug-likeness (QED) is 0.710. The van der Waals surface area contributed by atoms with Gasteiger partial charge in [0.05, 0.1) is 11.4 Å². The minimum absolute atomic E-state index is 0.106. The smallest absolute Gasteiger partial charge is 0.159 e. The number of rotatable bonds is 5. The average molecular weight is 399 g/mol. The number of ketones is 1. The third kappa shape index (κ3) is 4.53. The van der Waals surface area contributed by atoms with Gasteiger partial charge in [-0.1, -0.05) is 19.3 Å². The number of carbonyl (C=O) groups excluding carboxylic acids is 1. The number of benzene rings is 1. The van der Waals surface area contributed by atoms with Crippen LogP contribution in [0.25, 0.3) is 0 Å². The Morgan fingerprint density at radius 1 is 1.14 bits per heavy atom. The molecule has 2 heterocycles. The normalized spacial score (nSPS) is 18.9. The first kappa shape index (κ1) is 20.1. The molecule has 1 aliphatic carbocycles. The predicted molar refractivity (Wildman–Crippen MR) is 113 cm³/mol. The molecular formula is C23H31FN4O. The summed E-state index contributed by atoms with van der Waals surface area (Å²) in [6, 6.07) is 4.82. The molecule has 1 saturated heterocycles. The highest BCUT2D eigenvalue weighted by molar-refractivity contribution is 5.94. The van der Waals surface area contributed by atoms with E-state index in [2.05, 4.69) is 16.0 Å². The van der Waals surface area contributed by atoms with Crippen molar-refractivity contribution >= 4 is 11.5 Å². The summed E-state index contributed by atoms with van der Waals surface area (Å²) in [5.74, 6) is 0.193. The van der Waals surface area contributed by atoms with Crippen LogP contribution in [0.15, 0.2) is 24.4 Å². The van der Waals surface area contributed by atoms with Gasteiger partial charge in [0.2, 0.25) is 0 Å². The minimum atomic E-state index is -0.307. The first-order valence-electron chi connectivity index (χ1n) is 10.8. The first-order valence-corrected chi connectivity index (χ1v) is 10.8. The van der Waals surface area contributed by atoms with Crippen molar-refractivity contribution in [3.8, 4) is 0 Å². The molecule has 1 saturated carbocycles. The van der Waals surface area contributed by atoms with E-state index in [0.29, 0.717) is 17.2 Å². The van der Waals surface area contributed by atoms with E-state index >= 15 is 0 Å². The second kappa shape index (κ2) is 8.66. The Morgan fingerprint density at radius 2 is 1.86 bits per heavy atom. The summed E-state index contributed by atoms with van der Waals surface area (Å²) < 4.78 is 16.4. The van der Waals surface area contributed by atoms with Crippen molar-refractivity contribution in [1.29, 1.82) is 0 Å². The number of aryl methyl sites for hydroxylation is 1. The average Bonchev–Trinajstić information content (AvgIpc) is 3.09. The maximum Gasteiger partial charge on any atom is 0.159 e. The van der Waals surface area contributed by atoms with Crippen LogP contribution in [0.3, 0.4) is 0 Å². The van der Waals surface area contributed by atoms with Crippen LogP contribution in [0.1, 0.15) is 66.6 Å². The van der Waals surface area contributed by atoms with Gasteiger partial charge >= 0.3 is 0 Å². The molecule has 2 fully saturated rings. The van der Waals surface area contributed by atoms with Crippen LogP contribution in [-0.2, 0) is 13.6 Å². The van der Waals surface area contributed by atoms with Gasteiger partial charge in [-0.05, 0) is 38.0 Å². The number of nitrogens with zero attached hydrogens (tertiary/aromatic N) is 4. The zero-order chi connectivity index (χ0) is 20.4. The van der Waals surface area contributed by atoms with Gasteiger partial charge in [0.15, 0.2) is 5.78 Å². The molecule has 1 aliphatic heterocycles. The Hall–Kier alpha value is -2.21. The number of hydrogen-bond donors (Lipinski definition) is 0. The lowest BCUT2D eigenvalue weighted by Crippen LogP contribution is -2.46. The Kier molecular flexibility index (Phi) is 5.99. The van der Waals surface area contributed by atoms with Gasteiger partial charge in [-0.15, -0.1) is 0 Å². The maximum atomic E-state index is 14.5. The van der Waals surface area contributed by atoms with E-state index in [0.717, 1.165) is 32.7 Å². The lowest BCUT2D eigenvalue weighted by Gasteiger charge is -2.36. The van der Waals surface area contributed by atoms with Crippen LogP contribution >= 0.6 is 0 Å². The molecule has 5 nitrogen and oxygen atoms in total. The molecule has 0 unspecified atom stereocenters. The van der Waals surface area contributed by atoms with Crippen LogP contribution in [-0.4, -0.2) is 46.6 Å². The van der Waals surface area contributed by atoms with E-state index in [4.69, 9.17) is 5.10 Å². The zero-order valence-electron chi connectivity index (χ0n) is 17.5. The van der Waals surface area contributed by atoms with E-state index in [1.54, 1.807) is 12.1 Å². The van der Waals surface area contributed by atoms with Crippen molar-refractivity contribution < 1.29 is 9.18 Å². The summed E-state index contributed by atoms with van der Waals surface area (Å²) in [7, 11) is 2.02. The molecule has 156 valence electrons. The van der Waals surface area contributed by atoms with Gasteiger partial charge in [-0.25, -0.2) is 4.39 Å². The largest absolute Gasteiger partial charge is 0.367 e. The van der Waals surface area contributed by atoms with Crippen molar-refractivity contribution in [2.75, 3.05) is 31.1 Å². The van der Waals surface area contributed by atoms with E-state index in [1.807, 2.05) is 11.7 Å². The van der Waals surface area contributed by atoms with Gasteiger partial charge in [-0.3, -0.25) is 14.4 Å². The Bertz CT molecular complexity index is 864. The van der Waals surface area contributed by atoms with Crippen molar-refractivity contribution in [2.45, 2.75) is 51.5 Å². The van der Waals surface area contributed by atoms with Gasteiger partial charge in [0.1, 0.15) is 5.82 Å². The number of aromatic nitrogens is 2. The van der Waals surface area contributed by atoms with Crippen LogP contribution < -0.4 is 4.90 Å². The monoisotopic (exact) mass is 398 g/mol. The molecular weight excluding hydrogens is 367 g/mol. The van der Waals surface area contributed by atoms with Gasteiger partial charge in [0, 0.05) is 63.0 Å². The fourth-order valence-electron chi connectivity index (χ4n) is 4.77. The van der Waals surface area contributed by atoms with Crippen LogP contribution in [0.5, 0.6) is 0 Å². The topological polar surface area (TPSA) is 41.4 Å². The molecule has 6 heteroatoms. The molecule has 0 spiro atoms. The Morgan fingerprint density at radius 3 is 2.52 bits per heavy atom.